The Morgan fingerprint density at radius 1 is 1.29 bits per heavy atom. The molecule has 0 saturated carbocycles. The van der Waals surface area contributed by atoms with Gasteiger partial charge in [0.15, 0.2) is 0 Å². The topological polar surface area (TPSA) is 64.3 Å². The Bertz CT molecular complexity index is 684. The van der Waals surface area contributed by atoms with Crippen molar-refractivity contribution in [3.63, 3.8) is 0 Å². The molecule has 0 radical (unpaired) electrons. The van der Waals surface area contributed by atoms with Crippen molar-refractivity contribution in [3.05, 3.63) is 50.4 Å². The van der Waals surface area contributed by atoms with E-state index in [1.807, 2.05) is 0 Å². The van der Waals surface area contributed by atoms with Gasteiger partial charge in [-0.2, -0.15) is 0 Å². The average molecular weight is 390 g/mol. The van der Waals surface area contributed by atoms with Crippen molar-refractivity contribution in [2.75, 3.05) is 18.2 Å². The quantitative estimate of drug-likeness (QED) is 0.754. The Kier molecular flexibility index (Phi) is 4.98. The van der Waals surface area contributed by atoms with E-state index >= 15 is 0 Å². The van der Waals surface area contributed by atoms with Crippen LogP contribution in [0.3, 0.4) is 0 Å². The molecule has 0 aliphatic heterocycles. The van der Waals surface area contributed by atoms with Crippen LogP contribution in [0.25, 0.3) is 0 Å². The zero-order chi connectivity index (χ0) is 15.6. The standard InChI is InChI=1S/C14H11BrCl2N2O2/c1-21-12-3-2-8(6-9(12)15)19-14(20)7-4-10(16)13(17)11(18)5-7/h2-6H,18H2,1H3,(H,19,20). The number of rotatable bonds is 3. The Hall–Kier alpha value is -1.43. The Morgan fingerprint density at radius 2 is 2.00 bits per heavy atom. The highest BCUT2D eigenvalue weighted by Gasteiger charge is 2.12. The van der Waals surface area contributed by atoms with Gasteiger partial charge in [-0.1, -0.05) is 23.2 Å². The van der Waals surface area contributed by atoms with Gasteiger partial charge in [0, 0.05) is 11.3 Å². The lowest BCUT2D eigenvalue weighted by atomic mass is 10.2. The molecule has 21 heavy (non-hydrogen) atoms. The molecule has 0 atom stereocenters. The van der Waals surface area contributed by atoms with Crippen LogP contribution in [0.1, 0.15) is 10.4 Å². The van der Waals surface area contributed by atoms with Crippen LogP contribution in [0.15, 0.2) is 34.8 Å². The highest BCUT2D eigenvalue weighted by Crippen LogP contribution is 2.31. The van der Waals surface area contributed by atoms with Gasteiger partial charge in [0.2, 0.25) is 0 Å². The summed E-state index contributed by atoms with van der Waals surface area (Å²) in [6.45, 7) is 0. The molecule has 0 fully saturated rings. The summed E-state index contributed by atoms with van der Waals surface area (Å²) in [5.41, 5.74) is 6.89. The molecule has 0 bridgehead atoms. The summed E-state index contributed by atoms with van der Waals surface area (Å²) < 4.78 is 5.86. The molecule has 0 spiro atoms. The van der Waals surface area contributed by atoms with E-state index in [0.717, 1.165) is 4.47 Å². The molecule has 0 saturated heterocycles. The Morgan fingerprint density at radius 3 is 2.57 bits per heavy atom. The van der Waals surface area contributed by atoms with Gasteiger partial charge >= 0.3 is 0 Å². The van der Waals surface area contributed by atoms with Crippen molar-refractivity contribution < 1.29 is 9.53 Å². The number of nitrogens with one attached hydrogen (secondary N) is 1. The van der Waals surface area contributed by atoms with Crippen LogP contribution in [0.5, 0.6) is 5.75 Å². The summed E-state index contributed by atoms with van der Waals surface area (Å²) in [4.78, 5) is 12.2. The molecule has 3 N–H and O–H groups in total. The van der Waals surface area contributed by atoms with Gasteiger partial charge in [-0.3, -0.25) is 4.79 Å². The van der Waals surface area contributed by atoms with Crippen LogP contribution in [-0.4, -0.2) is 13.0 Å². The van der Waals surface area contributed by atoms with Crippen LogP contribution in [0.2, 0.25) is 10.0 Å². The number of halogens is 3. The van der Waals surface area contributed by atoms with E-state index in [1.165, 1.54) is 12.1 Å². The smallest absolute Gasteiger partial charge is 0.255 e. The summed E-state index contributed by atoms with van der Waals surface area (Å²) in [6.07, 6.45) is 0. The van der Waals surface area contributed by atoms with E-state index in [4.69, 9.17) is 33.7 Å². The predicted molar refractivity (Wildman–Crippen MR) is 89.5 cm³/mol. The van der Waals surface area contributed by atoms with E-state index in [2.05, 4.69) is 21.2 Å². The number of anilines is 2. The van der Waals surface area contributed by atoms with E-state index in [0.29, 0.717) is 17.0 Å². The molecule has 110 valence electrons. The van der Waals surface area contributed by atoms with E-state index < -0.39 is 0 Å². The minimum Gasteiger partial charge on any atom is -0.496 e. The average Bonchev–Trinajstić information content (AvgIpc) is 2.44. The lowest BCUT2D eigenvalue weighted by Gasteiger charge is -2.09. The first-order valence-corrected chi connectivity index (χ1v) is 7.36. The second-order valence-electron chi connectivity index (χ2n) is 4.16. The largest absolute Gasteiger partial charge is 0.496 e. The Balaban J connectivity index is 2.24. The maximum Gasteiger partial charge on any atom is 0.255 e. The second kappa shape index (κ2) is 6.56. The number of hydrogen-bond donors (Lipinski definition) is 2. The van der Waals surface area contributed by atoms with Gasteiger partial charge in [0.25, 0.3) is 5.91 Å². The molecule has 2 rings (SSSR count). The molecule has 4 nitrogen and oxygen atoms in total. The Labute approximate surface area is 140 Å². The number of nitrogen functional groups attached to an aromatic ring is 1. The van der Waals surface area contributed by atoms with Crippen LogP contribution >= 0.6 is 39.1 Å². The number of amides is 1. The SMILES string of the molecule is COc1ccc(NC(=O)c2cc(N)c(Cl)c(Cl)c2)cc1Br. The molecule has 1 amide bonds. The molecule has 0 aliphatic carbocycles. The first-order valence-electron chi connectivity index (χ1n) is 5.81. The fraction of sp³-hybridized carbons (Fsp3) is 0.0714. The fourth-order valence-electron chi connectivity index (χ4n) is 1.69. The molecule has 7 heteroatoms. The second-order valence-corrected chi connectivity index (χ2v) is 5.80. The third kappa shape index (κ3) is 3.61. The molecule has 0 unspecified atom stereocenters. The summed E-state index contributed by atoms with van der Waals surface area (Å²) in [5, 5.41) is 3.21. The van der Waals surface area contributed by atoms with Crippen LogP contribution in [0, 0.1) is 0 Å². The van der Waals surface area contributed by atoms with Crippen LogP contribution in [0.4, 0.5) is 11.4 Å². The van der Waals surface area contributed by atoms with Crippen molar-refractivity contribution in [1.82, 2.24) is 0 Å². The number of carbonyl (C=O) groups excluding carboxylic acids is 1. The number of hydrogen-bond acceptors (Lipinski definition) is 3. The lowest BCUT2D eigenvalue weighted by molar-refractivity contribution is 0.102. The summed E-state index contributed by atoms with van der Waals surface area (Å²) in [7, 11) is 1.57. The van der Waals surface area contributed by atoms with Gasteiger partial charge < -0.3 is 15.8 Å². The highest BCUT2D eigenvalue weighted by molar-refractivity contribution is 9.10. The van der Waals surface area contributed by atoms with Crippen molar-refractivity contribution in [2.24, 2.45) is 0 Å². The monoisotopic (exact) mass is 388 g/mol. The predicted octanol–water partition coefficient (Wildman–Crippen LogP) is 4.60. The van der Waals surface area contributed by atoms with Gasteiger partial charge in [-0.25, -0.2) is 0 Å². The molecular formula is C14H11BrCl2N2O2. The van der Waals surface area contributed by atoms with Gasteiger partial charge in [-0.05, 0) is 46.3 Å². The summed E-state index contributed by atoms with van der Waals surface area (Å²) >= 11 is 15.1. The zero-order valence-corrected chi connectivity index (χ0v) is 14.0. The van der Waals surface area contributed by atoms with Crippen molar-refractivity contribution in [3.8, 4) is 5.75 Å². The maximum absolute atomic E-state index is 12.2. The molecule has 2 aromatic rings. The summed E-state index contributed by atoms with van der Waals surface area (Å²) in [5.74, 6) is 0.337. The molecule has 2 aromatic carbocycles. The molecular weight excluding hydrogens is 379 g/mol. The molecule has 0 aliphatic rings. The number of carbonyl (C=O) groups is 1. The highest BCUT2D eigenvalue weighted by atomic mass is 79.9. The van der Waals surface area contributed by atoms with Crippen molar-refractivity contribution in [2.45, 2.75) is 0 Å². The number of ether oxygens (including phenoxy) is 1. The normalized spacial score (nSPS) is 10.3. The third-order valence-corrected chi connectivity index (χ3v) is 4.16. The van der Waals surface area contributed by atoms with Crippen LogP contribution < -0.4 is 15.8 Å². The van der Waals surface area contributed by atoms with Crippen molar-refractivity contribution >= 4 is 56.4 Å². The van der Waals surface area contributed by atoms with Gasteiger partial charge in [0.05, 0.1) is 27.3 Å². The minimum atomic E-state index is -0.336. The molecule has 0 aromatic heterocycles. The number of methoxy groups -OCH3 is 1. The van der Waals surface area contributed by atoms with Crippen molar-refractivity contribution in [1.29, 1.82) is 0 Å². The van der Waals surface area contributed by atoms with E-state index in [-0.39, 0.29) is 21.6 Å². The first kappa shape index (κ1) is 15.9. The number of benzene rings is 2. The third-order valence-electron chi connectivity index (χ3n) is 2.73. The van der Waals surface area contributed by atoms with Gasteiger partial charge in [-0.15, -0.1) is 0 Å². The maximum atomic E-state index is 12.2. The van der Waals surface area contributed by atoms with Crippen LogP contribution in [-0.2, 0) is 0 Å². The van der Waals surface area contributed by atoms with E-state index in [9.17, 15) is 4.79 Å². The summed E-state index contributed by atoms with van der Waals surface area (Å²) in [6, 6.07) is 8.14. The zero-order valence-electron chi connectivity index (χ0n) is 10.9. The minimum absolute atomic E-state index is 0.234. The van der Waals surface area contributed by atoms with E-state index in [1.54, 1.807) is 25.3 Å². The first-order chi connectivity index (χ1) is 9.92. The van der Waals surface area contributed by atoms with Gasteiger partial charge in [0.1, 0.15) is 5.75 Å². The number of nitrogens with two attached hydrogens (primary N) is 1. The lowest BCUT2D eigenvalue weighted by Crippen LogP contribution is -2.12. The fourth-order valence-corrected chi connectivity index (χ4v) is 2.57. The molecule has 0 heterocycles.